The van der Waals surface area contributed by atoms with Crippen molar-refractivity contribution in [3.63, 3.8) is 0 Å². The van der Waals surface area contributed by atoms with Crippen LogP contribution in [0.15, 0.2) is 210 Å². The average Bonchev–Trinajstić information content (AvgIpc) is 3.22. The Morgan fingerprint density at radius 3 is 1.40 bits per heavy atom. The number of para-hydroxylation sites is 1. The Hall–Kier alpha value is -5.81. The van der Waals surface area contributed by atoms with E-state index in [1.54, 1.807) is 0 Å². The van der Waals surface area contributed by atoms with Gasteiger partial charge in [0.1, 0.15) is 0 Å². The van der Waals surface area contributed by atoms with E-state index in [9.17, 15) is 0 Å². The van der Waals surface area contributed by atoms with Gasteiger partial charge < -0.3 is 4.90 Å². The summed E-state index contributed by atoms with van der Waals surface area (Å²) in [4.78, 5) is 5.00. The van der Waals surface area contributed by atoms with Crippen LogP contribution in [0.5, 0.6) is 0 Å². The number of aryl methyl sites for hydroxylation is 3. The number of nitrogens with zero attached hydrogens (tertiary/aromatic N) is 1. The van der Waals surface area contributed by atoms with Gasteiger partial charge >= 0.3 is 0 Å². The molecule has 8 aromatic rings. The minimum absolute atomic E-state index is 0.0663. The molecule has 1 aliphatic rings. The van der Waals surface area contributed by atoms with Crippen molar-refractivity contribution < 1.29 is 0 Å². The third kappa shape index (κ3) is 6.26. The molecule has 4 heteroatoms. The van der Waals surface area contributed by atoms with Crippen LogP contribution < -0.4 is 42.0 Å². The van der Waals surface area contributed by atoms with E-state index in [2.05, 4.69) is 226 Å². The van der Waals surface area contributed by atoms with Crippen LogP contribution in [-0.4, -0.2) is 14.8 Å². The second kappa shape index (κ2) is 14.8. The van der Waals surface area contributed by atoms with Crippen molar-refractivity contribution in [2.45, 2.75) is 30.6 Å². The minimum Gasteiger partial charge on any atom is -0.311 e. The number of hydrogen-bond donors (Lipinski definition) is 0. The van der Waals surface area contributed by atoms with E-state index in [0.717, 1.165) is 5.69 Å². The van der Waals surface area contributed by atoms with Crippen molar-refractivity contribution in [1.82, 2.24) is 0 Å². The normalized spacial score (nSPS) is 12.3. The zero-order valence-corrected chi connectivity index (χ0v) is 33.3. The van der Waals surface area contributed by atoms with Crippen LogP contribution in [-0.2, 0) is 0 Å². The number of fused-ring (bicyclic) bond motifs is 2. The van der Waals surface area contributed by atoms with Crippen LogP contribution in [0.1, 0.15) is 16.7 Å². The van der Waals surface area contributed by atoms with Crippen LogP contribution in [0.4, 0.5) is 17.1 Å². The quantitative estimate of drug-likeness (QED) is 0.114. The van der Waals surface area contributed by atoms with E-state index >= 15 is 0 Å². The van der Waals surface area contributed by atoms with Gasteiger partial charge in [0.15, 0.2) is 8.07 Å². The van der Waals surface area contributed by atoms with Gasteiger partial charge in [0, 0.05) is 26.9 Å². The summed E-state index contributed by atoms with van der Waals surface area (Å²) in [5.41, 5.74) is 11.7. The van der Waals surface area contributed by atoms with Crippen molar-refractivity contribution in [1.29, 1.82) is 0 Å². The first-order valence-corrected chi connectivity index (χ1v) is 21.9. The van der Waals surface area contributed by atoms with Crippen LogP contribution in [0.25, 0.3) is 0 Å². The summed E-state index contributed by atoms with van der Waals surface area (Å²) >= 11 is 1.82. The van der Waals surface area contributed by atoms with Crippen LogP contribution in [0, 0.1) is 20.8 Å². The highest BCUT2D eigenvalue weighted by molar-refractivity contribution is 7.99. The molecule has 1 nitrogen and oxygen atoms in total. The van der Waals surface area contributed by atoms with Gasteiger partial charge in [0.2, 0.25) is 6.71 Å². The summed E-state index contributed by atoms with van der Waals surface area (Å²) in [6.07, 6.45) is 0. The molecule has 0 bridgehead atoms. The van der Waals surface area contributed by atoms with E-state index in [1.807, 2.05) is 11.8 Å². The van der Waals surface area contributed by atoms with E-state index < -0.39 is 8.07 Å². The summed E-state index contributed by atoms with van der Waals surface area (Å²) in [5, 5.41) is 5.49. The molecule has 9 rings (SSSR count). The van der Waals surface area contributed by atoms with E-state index in [-0.39, 0.29) is 6.71 Å². The lowest BCUT2D eigenvalue weighted by Crippen LogP contribution is -2.75. The predicted molar refractivity (Wildman–Crippen MR) is 241 cm³/mol. The van der Waals surface area contributed by atoms with Gasteiger partial charge in [-0.2, -0.15) is 0 Å². The lowest BCUT2D eigenvalue weighted by molar-refractivity contribution is 1.27. The smallest absolute Gasteiger partial charge is 0.247 e. The fraction of sp³-hybridized carbons (Fsp3) is 0.0588. The third-order valence-corrected chi connectivity index (χ3v) is 17.0. The first-order chi connectivity index (χ1) is 27.0. The number of rotatable bonds is 8. The third-order valence-electron chi connectivity index (χ3n) is 11.2. The first-order valence-electron chi connectivity index (χ1n) is 19.1. The molecule has 0 fully saturated rings. The van der Waals surface area contributed by atoms with Crippen LogP contribution in [0.2, 0.25) is 0 Å². The molecule has 0 saturated carbocycles. The Balaban J connectivity index is 1.37. The summed E-state index contributed by atoms with van der Waals surface area (Å²) in [6.45, 7) is 6.87. The molecule has 55 heavy (non-hydrogen) atoms. The molecule has 1 aliphatic heterocycles. The zero-order valence-electron chi connectivity index (χ0n) is 31.5. The topological polar surface area (TPSA) is 3.24 Å². The van der Waals surface area contributed by atoms with Gasteiger partial charge in [-0.1, -0.05) is 192 Å². The van der Waals surface area contributed by atoms with Gasteiger partial charge in [-0.25, -0.2) is 0 Å². The molecular weight excluding hydrogens is 698 g/mol. The van der Waals surface area contributed by atoms with Crippen LogP contribution >= 0.6 is 11.8 Å². The van der Waals surface area contributed by atoms with Crippen LogP contribution in [0.3, 0.4) is 0 Å². The second-order valence-corrected chi connectivity index (χ2v) is 19.6. The van der Waals surface area contributed by atoms with E-state index in [1.165, 1.54) is 75.0 Å². The Morgan fingerprint density at radius 1 is 0.418 bits per heavy atom. The fourth-order valence-electron chi connectivity index (χ4n) is 9.04. The van der Waals surface area contributed by atoms with Crippen molar-refractivity contribution in [2.75, 3.05) is 4.90 Å². The summed E-state index contributed by atoms with van der Waals surface area (Å²) in [5.74, 6) is 0. The SMILES string of the molecule is Cc1cc(C)c(B2c3ccc(Sc4ccccc4)cc3N(c3ccccc3)c3cc([Si](c4ccccc4)(c4ccccc4)c4ccccc4)ccc32)c(C)c1. The zero-order chi connectivity index (χ0) is 37.4. The Kier molecular flexibility index (Phi) is 9.39. The Bertz CT molecular complexity index is 2480. The maximum absolute atomic E-state index is 2.80. The van der Waals surface area contributed by atoms with Gasteiger partial charge in [-0.05, 0) is 94.9 Å². The number of anilines is 3. The summed E-state index contributed by atoms with van der Waals surface area (Å²) in [6, 6.07) is 74.8. The average molecular weight is 740 g/mol. The minimum atomic E-state index is -2.80. The largest absolute Gasteiger partial charge is 0.311 e. The molecule has 1 heterocycles. The van der Waals surface area contributed by atoms with Crippen molar-refractivity contribution in [2.24, 2.45) is 0 Å². The molecule has 0 N–H and O–H groups in total. The van der Waals surface area contributed by atoms with Gasteiger partial charge in [0.05, 0.1) is 0 Å². The highest BCUT2D eigenvalue weighted by atomic mass is 32.2. The molecule has 0 aromatic heterocycles. The highest BCUT2D eigenvalue weighted by Gasteiger charge is 2.44. The standard InChI is InChI=1S/C51H42BNSSi/c1-37-33-38(2)51(39(3)34-37)52-47-31-29-42(54-41-21-11-5-12-22-41)35-49(47)53(40-19-9-4-10-20-40)50-36-46(30-32-48(50)52)55(43-23-13-6-14-24-43,44-25-15-7-16-26-44)45-27-17-8-18-28-45/h4-36H,1-3H3. The van der Waals surface area contributed by atoms with Gasteiger partial charge in [-0.3, -0.25) is 0 Å². The fourth-order valence-corrected chi connectivity index (χ4v) is 14.7. The molecule has 0 spiro atoms. The first kappa shape index (κ1) is 34.9. The molecule has 8 aromatic carbocycles. The Morgan fingerprint density at radius 2 is 0.873 bits per heavy atom. The maximum Gasteiger partial charge on any atom is 0.247 e. The lowest BCUT2D eigenvalue weighted by Gasteiger charge is -2.40. The van der Waals surface area contributed by atoms with Crippen molar-refractivity contribution in [3.8, 4) is 0 Å². The monoisotopic (exact) mass is 739 g/mol. The number of benzene rings is 8. The second-order valence-electron chi connectivity index (χ2n) is 14.7. The van der Waals surface area contributed by atoms with E-state index in [0.29, 0.717) is 0 Å². The summed E-state index contributed by atoms with van der Waals surface area (Å²) < 4.78 is 0. The molecule has 0 amide bonds. The highest BCUT2D eigenvalue weighted by Crippen LogP contribution is 2.39. The van der Waals surface area contributed by atoms with Gasteiger partial charge in [-0.15, -0.1) is 0 Å². The number of hydrogen-bond acceptors (Lipinski definition) is 2. The maximum atomic E-state index is 2.56. The molecule has 0 atom stereocenters. The van der Waals surface area contributed by atoms with Crippen molar-refractivity contribution in [3.05, 3.63) is 217 Å². The molecule has 0 unspecified atom stereocenters. The van der Waals surface area contributed by atoms with Gasteiger partial charge in [0.25, 0.3) is 0 Å². The molecule has 264 valence electrons. The summed E-state index contributed by atoms with van der Waals surface area (Å²) in [7, 11) is -2.80. The molecular formula is C51H42BNSSi. The van der Waals surface area contributed by atoms with E-state index in [4.69, 9.17) is 0 Å². The molecule has 0 saturated heterocycles. The predicted octanol–water partition coefficient (Wildman–Crippen LogP) is 8.44. The lowest BCUT2D eigenvalue weighted by atomic mass is 9.34. The molecule has 0 radical (unpaired) electrons. The van der Waals surface area contributed by atoms with Crippen molar-refractivity contribution >= 4 is 80.7 Å². The molecule has 0 aliphatic carbocycles. The Labute approximate surface area is 331 Å².